The van der Waals surface area contributed by atoms with E-state index < -0.39 is 0 Å². The first-order valence-electron chi connectivity index (χ1n) is 5.44. The molecule has 1 heterocycles. The zero-order chi connectivity index (χ0) is 12.1. The number of halogens is 1. The molecule has 0 unspecified atom stereocenters. The third kappa shape index (κ3) is 3.07. The normalized spacial score (nSPS) is 10.5. The number of benzene rings is 1. The summed E-state index contributed by atoms with van der Waals surface area (Å²) in [7, 11) is 0. The number of rotatable bonds is 5. The van der Waals surface area contributed by atoms with Gasteiger partial charge in [0.15, 0.2) is 5.88 Å². The highest BCUT2D eigenvalue weighted by molar-refractivity contribution is 5.27. The van der Waals surface area contributed by atoms with Gasteiger partial charge in [0.2, 0.25) is 0 Å². The Kier molecular flexibility index (Phi) is 3.77. The largest absolute Gasteiger partial charge is 0.479 e. The lowest BCUT2D eigenvalue weighted by atomic mass is 10.1. The van der Waals surface area contributed by atoms with Gasteiger partial charge in [-0.15, -0.1) is 0 Å². The maximum Gasteiger partial charge on any atom is 0.190 e. The molecular weight excluding hydrogens is 221 g/mol. The fraction of sp³-hybridized carbons (Fsp3) is 0.231. The first-order valence-corrected chi connectivity index (χ1v) is 5.44. The van der Waals surface area contributed by atoms with E-state index in [9.17, 15) is 4.39 Å². The van der Waals surface area contributed by atoms with Gasteiger partial charge in [0.1, 0.15) is 5.82 Å². The minimum atomic E-state index is -0.330. The van der Waals surface area contributed by atoms with Crippen LogP contribution < -0.4 is 4.74 Å². The summed E-state index contributed by atoms with van der Waals surface area (Å²) in [6.07, 6.45) is 2.42. The van der Waals surface area contributed by atoms with Gasteiger partial charge in [0.25, 0.3) is 0 Å². The third-order valence-corrected chi connectivity index (χ3v) is 2.54. The molecule has 0 fully saturated rings. The van der Waals surface area contributed by atoms with Gasteiger partial charge < -0.3 is 14.8 Å². The van der Waals surface area contributed by atoms with Crippen molar-refractivity contribution in [2.75, 3.05) is 6.61 Å². The lowest BCUT2D eigenvalue weighted by Crippen LogP contribution is -2.04. The highest BCUT2D eigenvalue weighted by atomic mass is 19.1. The van der Waals surface area contributed by atoms with Crippen molar-refractivity contribution in [2.24, 2.45) is 0 Å². The molecule has 0 bridgehead atoms. The van der Waals surface area contributed by atoms with Gasteiger partial charge >= 0.3 is 0 Å². The SMILES string of the molecule is OCc1cc(F)ccc1CCOc1ccc[nH]1. The summed E-state index contributed by atoms with van der Waals surface area (Å²) < 4.78 is 18.4. The molecule has 1 aromatic heterocycles. The summed E-state index contributed by atoms with van der Waals surface area (Å²) in [6.45, 7) is 0.328. The molecule has 0 amide bonds. The second-order valence-electron chi connectivity index (χ2n) is 3.70. The number of aromatic nitrogens is 1. The lowest BCUT2D eigenvalue weighted by Gasteiger charge is -2.08. The summed E-state index contributed by atoms with van der Waals surface area (Å²) in [5.74, 6) is 0.376. The minimum Gasteiger partial charge on any atom is -0.479 e. The van der Waals surface area contributed by atoms with Crippen LogP contribution in [0.4, 0.5) is 4.39 Å². The van der Waals surface area contributed by atoms with Gasteiger partial charge in [0, 0.05) is 12.6 Å². The first kappa shape index (κ1) is 11.7. The quantitative estimate of drug-likeness (QED) is 0.835. The average molecular weight is 235 g/mol. The number of hydrogen-bond acceptors (Lipinski definition) is 2. The summed E-state index contributed by atoms with van der Waals surface area (Å²) in [6, 6.07) is 8.11. The zero-order valence-electron chi connectivity index (χ0n) is 9.32. The molecular formula is C13H14FNO2. The number of ether oxygens (including phenoxy) is 1. The van der Waals surface area contributed by atoms with Crippen LogP contribution in [-0.2, 0) is 13.0 Å². The Morgan fingerprint density at radius 3 is 2.82 bits per heavy atom. The predicted molar refractivity (Wildman–Crippen MR) is 62.3 cm³/mol. The van der Waals surface area contributed by atoms with Crippen LogP contribution in [0.15, 0.2) is 36.5 Å². The molecule has 0 saturated carbocycles. The van der Waals surface area contributed by atoms with E-state index in [1.54, 1.807) is 12.3 Å². The molecule has 0 aliphatic carbocycles. The Hall–Kier alpha value is -1.81. The predicted octanol–water partition coefficient (Wildman–Crippen LogP) is 2.27. The topological polar surface area (TPSA) is 45.2 Å². The summed E-state index contributed by atoms with van der Waals surface area (Å²) in [5, 5.41) is 9.11. The Labute approximate surface area is 98.9 Å². The van der Waals surface area contributed by atoms with E-state index in [4.69, 9.17) is 9.84 Å². The van der Waals surface area contributed by atoms with E-state index >= 15 is 0 Å². The number of aliphatic hydroxyl groups is 1. The van der Waals surface area contributed by atoms with Gasteiger partial charge in [-0.25, -0.2) is 4.39 Å². The van der Waals surface area contributed by atoms with Crippen LogP contribution in [0.25, 0.3) is 0 Å². The molecule has 4 heteroatoms. The fourth-order valence-electron chi connectivity index (χ4n) is 1.66. The number of aromatic amines is 1. The molecule has 1 aromatic carbocycles. The van der Waals surface area contributed by atoms with Gasteiger partial charge in [-0.05, 0) is 35.4 Å². The Bertz CT molecular complexity index is 468. The highest BCUT2D eigenvalue weighted by Gasteiger charge is 2.04. The van der Waals surface area contributed by atoms with Crippen molar-refractivity contribution in [2.45, 2.75) is 13.0 Å². The highest BCUT2D eigenvalue weighted by Crippen LogP contribution is 2.13. The van der Waals surface area contributed by atoms with Crippen LogP contribution in [-0.4, -0.2) is 16.7 Å². The molecule has 0 saturated heterocycles. The fourth-order valence-corrected chi connectivity index (χ4v) is 1.66. The molecule has 0 aliphatic rings. The van der Waals surface area contributed by atoms with Crippen LogP contribution in [0.3, 0.4) is 0 Å². The number of aliphatic hydroxyl groups excluding tert-OH is 1. The smallest absolute Gasteiger partial charge is 0.190 e. The van der Waals surface area contributed by atoms with E-state index in [1.165, 1.54) is 12.1 Å². The maximum absolute atomic E-state index is 12.9. The van der Waals surface area contributed by atoms with Crippen LogP contribution in [0.1, 0.15) is 11.1 Å². The molecule has 0 spiro atoms. The monoisotopic (exact) mass is 235 g/mol. The van der Waals surface area contributed by atoms with E-state index in [0.29, 0.717) is 24.5 Å². The molecule has 90 valence electrons. The Morgan fingerprint density at radius 1 is 1.24 bits per heavy atom. The van der Waals surface area contributed by atoms with Gasteiger partial charge in [0.05, 0.1) is 13.2 Å². The van der Waals surface area contributed by atoms with E-state index in [1.807, 2.05) is 12.1 Å². The van der Waals surface area contributed by atoms with Crippen molar-refractivity contribution >= 4 is 0 Å². The molecule has 2 rings (SSSR count). The first-order chi connectivity index (χ1) is 8.29. The van der Waals surface area contributed by atoms with Crippen molar-refractivity contribution in [1.82, 2.24) is 4.98 Å². The van der Waals surface area contributed by atoms with Crippen molar-refractivity contribution in [3.8, 4) is 5.88 Å². The van der Waals surface area contributed by atoms with Gasteiger partial charge in [-0.2, -0.15) is 0 Å². The molecule has 2 N–H and O–H groups in total. The van der Waals surface area contributed by atoms with Crippen molar-refractivity contribution in [3.05, 3.63) is 53.5 Å². The number of H-pyrrole nitrogens is 1. The molecule has 2 aromatic rings. The molecule has 0 radical (unpaired) electrons. The minimum absolute atomic E-state index is 0.157. The zero-order valence-corrected chi connectivity index (χ0v) is 9.32. The average Bonchev–Trinajstić information content (AvgIpc) is 2.84. The van der Waals surface area contributed by atoms with Crippen LogP contribution in [0, 0.1) is 5.82 Å². The second kappa shape index (κ2) is 5.50. The van der Waals surface area contributed by atoms with E-state index in [-0.39, 0.29) is 12.4 Å². The molecule has 3 nitrogen and oxygen atoms in total. The maximum atomic E-state index is 12.9. The second-order valence-corrected chi connectivity index (χ2v) is 3.70. The Balaban J connectivity index is 1.94. The number of hydrogen-bond donors (Lipinski definition) is 2. The van der Waals surface area contributed by atoms with Gasteiger partial charge in [-0.3, -0.25) is 0 Å². The third-order valence-electron chi connectivity index (χ3n) is 2.54. The van der Waals surface area contributed by atoms with Crippen molar-refractivity contribution < 1.29 is 14.2 Å². The van der Waals surface area contributed by atoms with Crippen molar-refractivity contribution in [3.63, 3.8) is 0 Å². The van der Waals surface area contributed by atoms with Crippen LogP contribution in [0.2, 0.25) is 0 Å². The molecule has 0 atom stereocenters. The lowest BCUT2D eigenvalue weighted by molar-refractivity contribution is 0.277. The van der Waals surface area contributed by atoms with Crippen LogP contribution in [0.5, 0.6) is 5.88 Å². The summed E-state index contributed by atoms with van der Waals surface area (Å²) >= 11 is 0. The summed E-state index contributed by atoms with van der Waals surface area (Å²) in [4.78, 5) is 2.93. The molecule has 0 aliphatic heterocycles. The van der Waals surface area contributed by atoms with Crippen LogP contribution >= 0.6 is 0 Å². The van der Waals surface area contributed by atoms with Crippen molar-refractivity contribution in [1.29, 1.82) is 0 Å². The summed E-state index contributed by atoms with van der Waals surface area (Å²) in [5.41, 5.74) is 1.51. The Morgan fingerprint density at radius 2 is 2.12 bits per heavy atom. The standard InChI is InChI=1S/C13H14FNO2/c14-12-4-3-10(11(8-12)9-16)5-7-17-13-2-1-6-15-13/h1-4,6,8,15-16H,5,7,9H2. The molecule has 17 heavy (non-hydrogen) atoms. The van der Waals surface area contributed by atoms with E-state index in [0.717, 1.165) is 5.56 Å². The van der Waals surface area contributed by atoms with E-state index in [2.05, 4.69) is 4.98 Å². The van der Waals surface area contributed by atoms with Gasteiger partial charge in [-0.1, -0.05) is 6.07 Å². The number of nitrogens with one attached hydrogen (secondary N) is 1.